The zero-order chi connectivity index (χ0) is 32.4. The molecule has 0 heterocycles. The molecule has 0 bridgehead atoms. The first kappa shape index (κ1) is 35.6. The second kappa shape index (κ2) is 15.8. The Morgan fingerprint density at radius 3 is 2.09 bits per heavy atom. The van der Waals surface area contributed by atoms with Crippen LogP contribution in [0.1, 0.15) is 109 Å². The number of ether oxygens (including phenoxy) is 1. The molecule has 2 aromatic carbocycles. The number of aryl methyl sites for hydroxylation is 2. The second-order valence-electron chi connectivity index (χ2n) is 13.5. The number of hydrogen-bond acceptors (Lipinski definition) is 5. The Kier molecular flexibility index (Phi) is 13.1. The molecule has 0 aliphatic rings. The topological polar surface area (TPSA) is 108 Å². The Hall–Kier alpha value is -3.55. The Bertz CT molecular complexity index is 1210. The Balaban J connectivity index is 2.62. The summed E-state index contributed by atoms with van der Waals surface area (Å²) in [4.78, 5) is 43.3. The van der Waals surface area contributed by atoms with Crippen LogP contribution >= 0.6 is 0 Å². The van der Waals surface area contributed by atoms with E-state index < -0.39 is 29.3 Å². The number of nitrogens with one attached hydrogen (secondary N) is 2. The van der Waals surface area contributed by atoms with Crippen molar-refractivity contribution in [2.45, 2.75) is 124 Å². The molecular formula is C35H53N3O5. The molecule has 3 N–H and O–H groups in total. The van der Waals surface area contributed by atoms with E-state index in [1.54, 1.807) is 49.9 Å². The number of alkyl carbamates (subject to hydrolysis) is 1. The van der Waals surface area contributed by atoms with Gasteiger partial charge >= 0.3 is 6.09 Å². The number of amides is 3. The van der Waals surface area contributed by atoms with Gasteiger partial charge in [-0.25, -0.2) is 4.79 Å². The number of carbonyl (C=O) groups excluding carboxylic acids is 3. The zero-order valence-corrected chi connectivity index (χ0v) is 27.7. The summed E-state index contributed by atoms with van der Waals surface area (Å²) < 4.78 is 5.53. The number of hydrogen-bond donors (Lipinski definition) is 3. The van der Waals surface area contributed by atoms with E-state index in [0.717, 1.165) is 47.9 Å². The highest BCUT2D eigenvalue weighted by Gasteiger charge is 2.37. The maximum absolute atomic E-state index is 14.6. The van der Waals surface area contributed by atoms with Crippen molar-refractivity contribution < 1.29 is 24.2 Å². The molecule has 8 nitrogen and oxygen atoms in total. The number of aromatic hydroxyl groups is 1. The number of nitrogens with zero attached hydrogens (tertiary/aromatic N) is 1. The highest BCUT2D eigenvalue weighted by Crippen LogP contribution is 2.28. The fraction of sp³-hybridized carbons (Fsp3) is 0.571. The summed E-state index contributed by atoms with van der Waals surface area (Å²) in [5, 5.41) is 15.7. The summed E-state index contributed by atoms with van der Waals surface area (Å²) in [6, 6.07) is 10.5. The van der Waals surface area contributed by atoms with Gasteiger partial charge in [0.1, 0.15) is 23.4 Å². The number of unbranched alkanes of at least 4 members (excludes halogenated alkanes) is 4. The average molecular weight is 596 g/mol. The maximum Gasteiger partial charge on any atom is 0.408 e. The third kappa shape index (κ3) is 12.3. The lowest BCUT2D eigenvalue weighted by atomic mass is 9.94. The van der Waals surface area contributed by atoms with Crippen LogP contribution in [-0.2, 0) is 20.7 Å². The maximum atomic E-state index is 14.6. The van der Waals surface area contributed by atoms with Gasteiger partial charge in [0.05, 0.1) is 0 Å². The first-order valence-corrected chi connectivity index (χ1v) is 15.5. The molecule has 0 aliphatic carbocycles. The molecule has 8 heteroatoms. The molecule has 0 saturated carbocycles. The molecule has 2 atom stereocenters. The van der Waals surface area contributed by atoms with Gasteiger partial charge in [0.25, 0.3) is 0 Å². The quantitative estimate of drug-likeness (QED) is 0.218. The number of benzene rings is 2. The van der Waals surface area contributed by atoms with E-state index in [1.807, 2.05) is 52.8 Å². The van der Waals surface area contributed by atoms with Crippen molar-refractivity contribution in [1.82, 2.24) is 15.5 Å². The van der Waals surface area contributed by atoms with Gasteiger partial charge in [0.15, 0.2) is 0 Å². The second-order valence-corrected chi connectivity index (χ2v) is 13.5. The zero-order valence-electron chi connectivity index (χ0n) is 27.7. The Morgan fingerprint density at radius 1 is 0.907 bits per heavy atom. The van der Waals surface area contributed by atoms with Crippen LogP contribution in [0.3, 0.4) is 0 Å². The van der Waals surface area contributed by atoms with Gasteiger partial charge in [0.2, 0.25) is 11.8 Å². The number of rotatable bonds is 13. The minimum absolute atomic E-state index is 0.106. The molecule has 0 saturated heterocycles. The summed E-state index contributed by atoms with van der Waals surface area (Å²) in [5.74, 6) is -0.542. The van der Waals surface area contributed by atoms with E-state index in [0.29, 0.717) is 13.0 Å². The van der Waals surface area contributed by atoms with Gasteiger partial charge in [-0.1, -0.05) is 68.5 Å². The van der Waals surface area contributed by atoms with Gasteiger partial charge in [-0.05, 0) is 90.6 Å². The Morgan fingerprint density at radius 2 is 1.53 bits per heavy atom. The predicted octanol–water partition coefficient (Wildman–Crippen LogP) is 6.90. The van der Waals surface area contributed by atoms with Crippen LogP contribution < -0.4 is 10.6 Å². The lowest BCUT2D eigenvalue weighted by Gasteiger charge is -2.36. The average Bonchev–Trinajstić information content (AvgIpc) is 2.87. The van der Waals surface area contributed by atoms with E-state index in [9.17, 15) is 19.5 Å². The fourth-order valence-electron chi connectivity index (χ4n) is 4.99. The van der Waals surface area contributed by atoms with Crippen molar-refractivity contribution in [1.29, 1.82) is 0 Å². The molecule has 0 radical (unpaired) electrons. The summed E-state index contributed by atoms with van der Waals surface area (Å²) in [6.45, 7) is 17.5. The highest BCUT2D eigenvalue weighted by molar-refractivity contribution is 5.92. The monoisotopic (exact) mass is 595 g/mol. The van der Waals surface area contributed by atoms with Crippen LogP contribution in [0.4, 0.5) is 4.79 Å². The first-order chi connectivity index (χ1) is 20.0. The minimum Gasteiger partial charge on any atom is -0.508 e. The molecule has 238 valence electrons. The number of phenolic OH excluding ortho intramolecular Hbond substituents is 1. The van der Waals surface area contributed by atoms with Crippen molar-refractivity contribution >= 4 is 17.9 Å². The van der Waals surface area contributed by atoms with Crippen molar-refractivity contribution in [3.05, 3.63) is 64.7 Å². The molecule has 0 spiro atoms. The van der Waals surface area contributed by atoms with E-state index in [-0.39, 0.29) is 24.0 Å². The van der Waals surface area contributed by atoms with Crippen LogP contribution in [-0.4, -0.2) is 51.6 Å². The third-order valence-electron chi connectivity index (χ3n) is 6.93. The third-order valence-corrected chi connectivity index (χ3v) is 6.93. The summed E-state index contributed by atoms with van der Waals surface area (Å²) in [6.07, 6.45) is 4.31. The van der Waals surface area contributed by atoms with E-state index in [2.05, 4.69) is 17.6 Å². The summed E-state index contributed by atoms with van der Waals surface area (Å²) in [7, 11) is 0. The molecule has 43 heavy (non-hydrogen) atoms. The molecule has 0 aliphatic heterocycles. The van der Waals surface area contributed by atoms with E-state index in [4.69, 9.17) is 4.74 Å². The largest absolute Gasteiger partial charge is 0.508 e. The van der Waals surface area contributed by atoms with Crippen molar-refractivity contribution in [2.24, 2.45) is 0 Å². The van der Waals surface area contributed by atoms with E-state index in [1.165, 1.54) is 0 Å². The standard InChI is InChI=1S/C35H53N3O5/c1-10-11-12-13-14-21-38(30(31(40)37-34(4,5)6)28-20-15-24(2)22-25(28)3)32(41)29(36-33(42)43-35(7,8)9)23-26-16-18-27(39)19-17-26/h15-20,22,29-30,39H,10-14,21,23H2,1-9H3,(H,36,42)(H,37,40). The SMILES string of the molecule is CCCCCCCN(C(=O)C(Cc1ccc(O)cc1)NC(=O)OC(C)(C)C)C(C(=O)NC(C)(C)C)c1ccc(C)cc1C. The van der Waals surface area contributed by atoms with Crippen LogP contribution in [0, 0.1) is 13.8 Å². The van der Waals surface area contributed by atoms with Crippen LogP contribution in [0.2, 0.25) is 0 Å². The predicted molar refractivity (Wildman–Crippen MR) is 172 cm³/mol. The van der Waals surface area contributed by atoms with Crippen molar-refractivity contribution in [2.75, 3.05) is 6.54 Å². The van der Waals surface area contributed by atoms with E-state index >= 15 is 0 Å². The number of phenols is 1. The summed E-state index contributed by atoms with van der Waals surface area (Å²) in [5.41, 5.74) is 2.18. The molecule has 2 aromatic rings. The molecule has 0 fully saturated rings. The Labute approximate surface area is 258 Å². The highest BCUT2D eigenvalue weighted by atomic mass is 16.6. The fourth-order valence-corrected chi connectivity index (χ4v) is 4.99. The van der Waals surface area contributed by atoms with Crippen LogP contribution in [0.5, 0.6) is 5.75 Å². The van der Waals surface area contributed by atoms with Crippen LogP contribution in [0.25, 0.3) is 0 Å². The molecular weight excluding hydrogens is 542 g/mol. The van der Waals surface area contributed by atoms with Crippen LogP contribution in [0.15, 0.2) is 42.5 Å². The van der Waals surface area contributed by atoms with Crippen molar-refractivity contribution in [3.8, 4) is 5.75 Å². The lowest BCUT2D eigenvalue weighted by molar-refractivity contribution is -0.143. The van der Waals surface area contributed by atoms with Gasteiger partial charge < -0.3 is 25.4 Å². The molecule has 2 rings (SSSR count). The molecule has 3 amide bonds. The first-order valence-electron chi connectivity index (χ1n) is 15.5. The normalized spacial score (nSPS) is 13.1. The molecule has 0 aromatic heterocycles. The van der Waals surface area contributed by atoms with Gasteiger partial charge in [-0.15, -0.1) is 0 Å². The number of carbonyl (C=O) groups is 3. The van der Waals surface area contributed by atoms with Crippen molar-refractivity contribution in [3.63, 3.8) is 0 Å². The lowest BCUT2D eigenvalue weighted by Crippen LogP contribution is -2.55. The summed E-state index contributed by atoms with van der Waals surface area (Å²) >= 11 is 0. The smallest absolute Gasteiger partial charge is 0.408 e. The molecule has 2 unspecified atom stereocenters. The minimum atomic E-state index is -1.01. The van der Waals surface area contributed by atoms with Gasteiger partial charge in [0, 0.05) is 18.5 Å². The van der Waals surface area contributed by atoms with Gasteiger partial charge in [-0.2, -0.15) is 0 Å². The van der Waals surface area contributed by atoms with Gasteiger partial charge in [-0.3, -0.25) is 9.59 Å².